The third kappa shape index (κ3) is 5.45. The van der Waals surface area contributed by atoms with Crippen molar-refractivity contribution in [2.45, 2.75) is 53.2 Å². The molecule has 0 fully saturated rings. The zero-order valence-electron chi connectivity index (χ0n) is 20.3. The van der Waals surface area contributed by atoms with Crippen molar-refractivity contribution in [2.24, 2.45) is 0 Å². The number of hydrogen-bond acceptors (Lipinski definition) is 7. The Morgan fingerprint density at radius 2 is 1.91 bits per heavy atom. The number of carbonyl (C=O) groups excluding carboxylic acids is 2. The fourth-order valence-corrected chi connectivity index (χ4v) is 5.02. The Balaban J connectivity index is 2.19. The minimum atomic E-state index is -0.701. The molecule has 2 heterocycles. The number of aromatic nitrogens is 2. The Morgan fingerprint density at radius 1 is 1.20 bits per heavy atom. The maximum atomic E-state index is 13.9. The molecular weight excluding hydrogens is 477 g/mol. The maximum Gasteiger partial charge on any atom is 0.348 e. The number of rotatable bonds is 9. The van der Waals surface area contributed by atoms with Gasteiger partial charge < -0.3 is 14.8 Å². The number of nitrogens with zero attached hydrogens (tertiary/aromatic N) is 2. The maximum absolute atomic E-state index is 13.9. The number of fused-ring (bicyclic) bond motifs is 1. The summed E-state index contributed by atoms with van der Waals surface area (Å²) in [5.74, 6) is -1.09. The molecule has 0 spiro atoms. The van der Waals surface area contributed by atoms with Gasteiger partial charge in [0.2, 0.25) is 5.91 Å². The summed E-state index contributed by atoms with van der Waals surface area (Å²) in [6.45, 7) is 6.55. The molecule has 0 aliphatic carbocycles. The highest BCUT2D eigenvalue weighted by atomic mass is 32.1. The second-order valence-electron chi connectivity index (χ2n) is 8.21. The quantitative estimate of drug-likeness (QED) is 0.448. The van der Waals surface area contributed by atoms with Gasteiger partial charge in [-0.05, 0) is 63.4 Å². The zero-order chi connectivity index (χ0) is 25.9. The lowest BCUT2D eigenvalue weighted by Gasteiger charge is -2.14. The Morgan fingerprint density at radius 3 is 2.54 bits per heavy atom. The fourth-order valence-electron chi connectivity index (χ4n) is 3.81. The first kappa shape index (κ1) is 26.1. The molecule has 9 nitrogen and oxygen atoms in total. The molecule has 0 saturated heterocycles. The van der Waals surface area contributed by atoms with Crippen LogP contribution in [-0.2, 0) is 29.0 Å². The number of amides is 1. The molecule has 2 aromatic heterocycles. The molecule has 0 bridgehead atoms. The lowest BCUT2D eigenvalue weighted by molar-refractivity contribution is -0.122. The van der Waals surface area contributed by atoms with Crippen LogP contribution >= 0.6 is 11.3 Å². The summed E-state index contributed by atoms with van der Waals surface area (Å²) in [7, 11) is 1.46. The minimum Gasteiger partial charge on any atom is -0.496 e. The second-order valence-corrected chi connectivity index (χ2v) is 9.21. The summed E-state index contributed by atoms with van der Waals surface area (Å²) in [5.41, 5.74) is -0.452. The van der Waals surface area contributed by atoms with Gasteiger partial charge in [-0.15, -0.1) is 11.3 Å². The van der Waals surface area contributed by atoms with Gasteiger partial charge in [-0.2, -0.15) is 0 Å². The van der Waals surface area contributed by atoms with Gasteiger partial charge in [0.05, 0.1) is 19.1 Å². The molecule has 0 aliphatic heterocycles. The van der Waals surface area contributed by atoms with E-state index >= 15 is 0 Å². The smallest absolute Gasteiger partial charge is 0.348 e. The van der Waals surface area contributed by atoms with E-state index in [4.69, 9.17) is 9.47 Å². The van der Waals surface area contributed by atoms with Crippen LogP contribution in [0.5, 0.6) is 5.75 Å². The van der Waals surface area contributed by atoms with Crippen molar-refractivity contribution >= 4 is 33.4 Å². The van der Waals surface area contributed by atoms with E-state index in [1.807, 2.05) is 0 Å². The first-order valence-corrected chi connectivity index (χ1v) is 12.0. The van der Waals surface area contributed by atoms with Crippen LogP contribution in [0.4, 0.5) is 4.39 Å². The van der Waals surface area contributed by atoms with Crippen LogP contribution < -0.4 is 21.3 Å². The number of esters is 1. The number of methoxy groups -OCH3 is 1. The van der Waals surface area contributed by atoms with Crippen LogP contribution in [0.3, 0.4) is 0 Å². The summed E-state index contributed by atoms with van der Waals surface area (Å²) < 4.78 is 26.5. The molecule has 3 rings (SSSR count). The number of hydrogen-bond donors (Lipinski definition) is 1. The third-order valence-electron chi connectivity index (χ3n) is 5.35. The molecule has 0 aliphatic rings. The molecule has 1 aromatic carbocycles. The average Bonchev–Trinajstić information content (AvgIpc) is 3.13. The van der Waals surface area contributed by atoms with Crippen LogP contribution in [0.15, 0.2) is 27.8 Å². The molecule has 0 unspecified atom stereocenters. The molecule has 0 radical (unpaired) electrons. The first-order valence-electron chi connectivity index (χ1n) is 11.1. The number of halogens is 1. The van der Waals surface area contributed by atoms with Gasteiger partial charge in [0.15, 0.2) is 0 Å². The number of carbonyl (C=O) groups is 2. The van der Waals surface area contributed by atoms with Gasteiger partial charge in [-0.1, -0.05) is 0 Å². The average molecular weight is 506 g/mol. The predicted molar refractivity (Wildman–Crippen MR) is 131 cm³/mol. The van der Waals surface area contributed by atoms with Crippen molar-refractivity contribution in [1.29, 1.82) is 0 Å². The van der Waals surface area contributed by atoms with Gasteiger partial charge in [0.25, 0.3) is 5.56 Å². The van der Waals surface area contributed by atoms with Crippen molar-refractivity contribution < 1.29 is 23.5 Å². The molecular formula is C24H28FN3O6S. The highest BCUT2D eigenvalue weighted by molar-refractivity contribution is 7.20. The number of thiophene rings is 1. The lowest BCUT2D eigenvalue weighted by Crippen LogP contribution is -2.44. The number of benzene rings is 1. The standard InChI is InChI=1S/C24H28FN3O6S/c1-6-34-23(31)20-14(4)19-21(30)28(12-18(29)26-13(2)3)24(32)27(22(19)35-20)10-9-15-11-16(25)7-8-17(15)33-5/h7-8,11,13H,6,9-10,12H2,1-5H3,(H,26,29). The van der Waals surface area contributed by atoms with Crippen molar-refractivity contribution in [3.05, 3.63) is 60.9 Å². The SMILES string of the molecule is CCOC(=O)c1sc2c(c1C)c(=O)n(CC(=O)NC(C)C)c(=O)n2CCc1cc(F)ccc1OC. The molecule has 35 heavy (non-hydrogen) atoms. The highest BCUT2D eigenvalue weighted by Crippen LogP contribution is 2.29. The molecule has 11 heteroatoms. The fraction of sp³-hybridized carbons (Fsp3) is 0.417. The van der Waals surface area contributed by atoms with E-state index in [1.54, 1.807) is 27.7 Å². The lowest BCUT2D eigenvalue weighted by atomic mass is 10.1. The zero-order valence-corrected chi connectivity index (χ0v) is 21.1. The van der Waals surface area contributed by atoms with Crippen LogP contribution in [0, 0.1) is 12.7 Å². The van der Waals surface area contributed by atoms with E-state index < -0.39 is 35.5 Å². The third-order valence-corrected chi connectivity index (χ3v) is 6.65. The molecule has 188 valence electrons. The number of ether oxygens (including phenoxy) is 2. The summed E-state index contributed by atoms with van der Waals surface area (Å²) in [6.07, 6.45) is 0.206. The van der Waals surface area contributed by atoms with E-state index in [-0.39, 0.29) is 40.7 Å². The van der Waals surface area contributed by atoms with E-state index in [0.29, 0.717) is 16.9 Å². The second kappa shape index (κ2) is 10.9. The Bertz CT molecular complexity index is 1390. The van der Waals surface area contributed by atoms with Crippen molar-refractivity contribution in [3.63, 3.8) is 0 Å². The summed E-state index contributed by atoms with van der Waals surface area (Å²) in [4.78, 5) is 52.1. The van der Waals surface area contributed by atoms with Gasteiger partial charge in [0.1, 0.15) is 27.8 Å². The predicted octanol–water partition coefficient (Wildman–Crippen LogP) is 2.62. The van der Waals surface area contributed by atoms with E-state index in [1.165, 1.54) is 29.9 Å². The summed E-state index contributed by atoms with van der Waals surface area (Å²) >= 11 is 0.983. The largest absolute Gasteiger partial charge is 0.496 e. The number of aryl methyl sites for hydroxylation is 3. The van der Waals surface area contributed by atoms with Crippen molar-refractivity contribution in [1.82, 2.24) is 14.5 Å². The van der Waals surface area contributed by atoms with Gasteiger partial charge in [-0.25, -0.2) is 14.0 Å². The van der Waals surface area contributed by atoms with E-state index in [9.17, 15) is 23.6 Å². The Labute approximate surface area is 205 Å². The van der Waals surface area contributed by atoms with Crippen LogP contribution in [0.25, 0.3) is 10.2 Å². The van der Waals surface area contributed by atoms with Crippen molar-refractivity contribution in [2.75, 3.05) is 13.7 Å². The highest BCUT2D eigenvalue weighted by Gasteiger charge is 2.25. The van der Waals surface area contributed by atoms with Gasteiger partial charge in [0, 0.05) is 12.6 Å². The normalized spacial score (nSPS) is 11.2. The van der Waals surface area contributed by atoms with Gasteiger partial charge in [-0.3, -0.25) is 18.7 Å². The van der Waals surface area contributed by atoms with E-state index in [2.05, 4.69) is 5.32 Å². The van der Waals surface area contributed by atoms with Crippen LogP contribution in [-0.4, -0.2) is 40.8 Å². The van der Waals surface area contributed by atoms with E-state index in [0.717, 1.165) is 15.9 Å². The molecule has 1 amide bonds. The van der Waals surface area contributed by atoms with Gasteiger partial charge >= 0.3 is 11.7 Å². The minimum absolute atomic E-state index is 0.0590. The Hall–Kier alpha value is -3.47. The first-order chi connectivity index (χ1) is 16.6. The van der Waals surface area contributed by atoms with Crippen LogP contribution in [0.2, 0.25) is 0 Å². The number of nitrogens with one attached hydrogen (secondary N) is 1. The van der Waals surface area contributed by atoms with Crippen molar-refractivity contribution in [3.8, 4) is 5.75 Å². The summed E-state index contributed by atoms with van der Waals surface area (Å²) in [6, 6.07) is 3.91. The van der Waals surface area contributed by atoms with Crippen LogP contribution in [0.1, 0.15) is 41.6 Å². The molecule has 3 aromatic rings. The molecule has 0 atom stereocenters. The molecule has 0 saturated carbocycles. The topological polar surface area (TPSA) is 109 Å². The Kier molecular flexibility index (Phi) is 8.11. The monoisotopic (exact) mass is 505 g/mol. The molecule has 1 N–H and O–H groups in total. The summed E-state index contributed by atoms with van der Waals surface area (Å²) in [5, 5.41) is 2.84.